The summed E-state index contributed by atoms with van der Waals surface area (Å²) in [6.45, 7) is 8.39. The van der Waals surface area contributed by atoms with E-state index in [1.807, 2.05) is 6.92 Å². The van der Waals surface area contributed by atoms with Crippen molar-refractivity contribution in [3.63, 3.8) is 0 Å². The van der Waals surface area contributed by atoms with E-state index in [-0.39, 0.29) is 23.1 Å². The van der Waals surface area contributed by atoms with Crippen LogP contribution in [0.15, 0.2) is 35.4 Å². The molecule has 0 aliphatic carbocycles. The Morgan fingerprint density at radius 2 is 1.89 bits per heavy atom. The number of aromatic nitrogens is 5. The van der Waals surface area contributed by atoms with E-state index in [9.17, 15) is 14.3 Å². The van der Waals surface area contributed by atoms with Crippen molar-refractivity contribution >= 4 is 22.9 Å². The lowest BCUT2D eigenvalue weighted by Gasteiger charge is -2.16. The molecule has 4 aromatic heterocycles. The van der Waals surface area contributed by atoms with Gasteiger partial charge in [0.2, 0.25) is 0 Å². The Balaban J connectivity index is 1.70. The highest BCUT2D eigenvalue weighted by molar-refractivity contribution is 7.14. The number of ether oxygens (including phenoxy) is 1. The molecular weight excluding hydrogens is 493 g/mol. The van der Waals surface area contributed by atoms with Crippen LogP contribution in [0, 0.1) is 26.6 Å². The molecule has 0 amide bonds. The van der Waals surface area contributed by atoms with Crippen LogP contribution in [0.4, 0.5) is 4.39 Å². The van der Waals surface area contributed by atoms with E-state index in [4.69, 9.17) is 16.3 Å². The standard InChI is InChI=1S/C24H23ClFN5O3S/c1-12-6-15(26)17(27-9-12)11-34-19-7-14(3)31(22(32)20(19)25)18-8-16(28-10-13(18)2)21-29-30-23(35-21)24(4,5)33/h6-10,33H,11H2,1-5H3. The first kappa shape index (κ1) is 24.9. The van der Waals surface area contributed by atoms with Crippen LogP contribution in [0.2, 0.25) is 5.02 Å². The molecule has 4 rings (SSSR count). The van der Waals surface area contributed by atoms with Crippen LogP contribution >= 0.6 is 22.9 Å². The van der Waals surface area contributed by atoms with Crippen LogP contribution in [0.3, 0.4) is 0 Å². The molecule has 0 atom stereocenters. The number of rotatable bonds is 6. The second-order valence-corrected chi connectivity index (χ2v) is 10.0. The molecule has 0 bridgehead atoms. The molecule has 1 N–H and O–H groups in total. The second kappa shape index (κ2) is 9.44. The van der Waals surface area contributed by atoms with Gasteiger partial charge in [-0.05, 0) is 57.9 Å². The van der Waals surface area contributed by atoms with Gasteiger partial charge >= 0.3 is 0 Å². The third kappa shape index (κ3) is 5.09. The van der Waals surface area contributed by atoms with Crippen LogP contribution in [0.5, 0.6) is 5.75 Å². The summed E-state index contributed by atoms with van der Waals surface area (Å²) >= 11 is 7.60. The summed E-state index contributed by atoms with van der Waals surface area (Å²) in [6.07, 6.45) is 3.17. The third-order valence-electron chi connectivity index (χ3n) is 5.20. The van der Waals surface area contributed by atoms with Crippen molar-refractivity contribution in [2.75, 3.05) is 0 Å². The van der Waals surface area contributed by atoms with E-state index in [1.54, 1.807) is 52.2 Å². The molecule has 0 radical (unpaired) electrons. The van der Waals surface area contributed by atoms with Gasteiger partial charge in [-0.1, -0.05) is 22.9 Å². The van der Waals surface area contributed by atoms with Crippen molar-refractivity contribution in [1.82, 2.24) is 24.7 Å². The average molecular weight is 516 g/mol. The predicted octanol–water partition coefficient (Wildman–Crippen LogP) is 4.67. The van der Waals surface area contributed by atoms with Crippen molar-refractivity contribution in [2.45, 2.75) is 46.8 Å². The summed E-state index contributed by atoms with van der Waals surface area (Å²) in [4.78, 5) is 21.7. The zero-order chi connectivity index (χ0) is 25.5. The molecule has 182 valence electrons. The van der Waals surface area contributed by atoms with Crippen LogP contribution in [-0.4, -0.2) is 29.8 Å². The molecule has 0 aliphatic rings. The van der Waals surface area contributed by atoms with Crippen LogP contribution < -0.4 is 10.3 Å². The molecule has 0 fully saturated rings. The molecular formula is C24H23ClFN5O3S. The molecule has 0 aliphatic heterocycles. The summed E-state index contributed by atoms with van der Waals surface area (Å²) in [6, 6.07) is 4.70. The maximum absolute atomic E-state index is 14.1. The van der Waals surface area contributed by atoms with E-state index in [0.717, 1.165) is 5.56 Å². The number of aryl methyl sites for hydroxylation is 3. The first-order valence-electron chi connectivity index (χ1n) is 10.7. The summed E-state index contributed by atoms with van der Waals surface area (Å²) in [7, 11) is 0. The Bertz CT molecular complexity index is 1480. The molecule has 0 saturated carbocycles. The molecule has 4 heterocycles. The third-order valence-corrected chi connectivity index (χ3v) is 6.81. The lowest BCUT2D eigenvalue weighted by atomic mass is 10.2. The van der Waals surface area contributed by atoms with Gasteiger partial charge in [0.05, 0.1) is 5.69 Å². The number of aliphatic hydroxyl groups is 1. The Labute approximate surface area is 210 Å². The van der Waals surface area contributed by atoms with Gasteiger partial charge in [0, 0.05) is 24.2 Å². The van der Waals surface area contributed by atoms with Crippen molar-refractivity contribution in [3.05, 3.63) is 79.3 Å². The minimum atomic E-state index is -1.13. The van der Waals surface area contributed by atoms with Crippen molar-refractivity contribution in [1.29, 1.82) is 0 Å². The normalized spacial score (nSPS) is 11.7. The minimum Gasteiger partial charge on any atom is -0.485 e. The Hall–Kier alpha value is -3.21. The molecule has 35 heavy (non-hydrogen) atoms. The van der Waals surface area contributed by atoms with Crippen LogP contribution in [-0.2, 0) is 12.2 Å². The van der Waals surface area contributed by atoms with Crippen LogP contribution in [0.1, 0.15) is 41.4 Å². The maximum atomic E-state index is 14.1. The molecule has 0 spiro atoms. The highest BCUT2D eigenvalue weighted by Crippen LogP contribution is 2.31. The van der Waals surface area contributed by atoms with Gasteiger partial charge in [0.25, 0.3) is 5.56 Å². The quantitative estimate of drug-likeness (QED) is 0.398. The number of hydrogen-bond acceptors (Lipinski definition) is 8. The first-order valence-corrected chi connectivity index (χ1v) is 11.8. The highest BCUT2D eigenvalue weighted by atomic mass is 35.5. The van der Waals surface area contributed by atoms with Crippen molar-refractivity contribution in [2.24, 2.45) is 0 Å². The van der Waals surface area contributed by atoms with Gasteiger partial charge in [-0.2, -0.15) is 0 Å². The van der Waals surface area contributed by atoms with Gasteiger partial charge in [-0.25, -0.2) is 4.39 Å². The van der Waals surface area contributed by atoms with E-state index in [2.05, 4.69) is 20.2 Å². The van der Waals surface area contributed by atoms with Crippen molar-refractivity contribution < 1.29 is 14.2 Å². The smallest absolute Gasteiger partial charge is 0.277 e. The van der Waals surface area contributed by atoms with E-state index >= 15 is 0 Å². The molecule has 8 nitrogen and oxygen atoms in total. The summed E-state index contributed by atoms with van der Waals surface area (Å²) in [5, 5.41) is 19.2. The summed E-state index contributed by atoms with van der Waals surface area (Å²) in [5.41, 5.74) is 1.55. The monoisotopic (exact) mass is 515 g/mol. The second-order valence-electron chi connectivity index (χ2n) is 8.66. The van der Waals surface area contributed by atoms with Gasteiger partial charge in [-0.3, -0.25) is 19.3 Å². The van der Waals surface area contributed by atoms with Gasteiger partial charge in [-0.15, -0.1) is 10.2 Å². The Kier molecular flexibility index (Phi) is 6.72. The fraction of sp³-hybridized carbons (Fsp3) is 0.292. The van der Waals surface area contributed by atoms with Gasteiger partial charge in [0.15, 0.2) is 5.01 Å². The lowest BCUT2D eigenvalue weighted by molar-refractivity contribution is 0.0775. The fourth-order valence-electron chi connectivity index (χ4n) is 3.34. The number of pyridine rings is 3. The highest BCUT2D eigenvalue weighted by Gasteiger charge is 2.23. The number of hydrogen-bond donors (Lipinski definition) is 1. The number of halogens is 2. The van der Waals surface area contributed by atoms with E-state index in [1.165, 1.54) is 22.0 Å². The SMILES string of the molecule is Cc1cnc(COc2cc(C)n(-c3cc(-c4nnc(C(C)(C)O)s4)ncc3C)c(=O)c2Cl)c(F)c1. The lowest BCUT2D eigenvalue weighted by Crippen LogP contribution is -2.23. The zero-order valence-corrected chi connectivity index (χ0v) is 21.3. The van der Waals surface area contributed by atoms with Gasteiger partial charge in [0.1, 0.15) is 45.2 Å². The maximum Gasteiger partial charge on any atom is 0.277 e. The molecule has 0 unspecified atom stereocenters. The van der Waals surface area contributed by atoms with Crippen molar-refractivity contribution in [3.8, 4) is 22.1 Å². The minimum absolute atomic E-state index is 0.116. The van der Waals surface area contributed by atoms with E-state index < -0.39 is 17.0 Å². The fourth-order valence-corrected chi connectivity index (χ4v) is 4.35. The largest absolute Gasteiger partial charge is 0.485 e. The predicted molar refractivity (Wildman–Crippen MR) is 132 cm³/mol. The molecule has 4 aromatic rings. The Morgan fingerprint density at radius 3 is 2.54 bits per heavy atom. The molecule has 11 heteroatoms. The summed E-state index contributed by atoms with van der Waals surface area (Å²) < 4.78 is 21.2. The zero-order valence-electron chi connectivity index (χ0n) is 19.8. The first-order chi connectivity index (χ1) is 16.5. The number of nitrogens with zero attached hydrogens (tertiary/aromatic N) is 5. The Morgan fingerprint density at radius 1 is 1.14 bits per heavy atom. The van der Waals surface area contributed by atoms with Gasteiger partial charge < -0.3 is 9.84 Å². The summed E-state index contributed by atoms with van der Waals surface area (Å²) in [5.74, 6) is -0.353. The topological polar surface area (TPSA) is 103 Å². The molecule has 0 saturated heterocycles. The van der Waals surface area contributed by atoms with E-state index in [0.29, 0.717) is 32.7 Å². The van der Waals surface area contributed by atoms with Crippen LogP contribution in [0.25, 0.3) is 16.4 Å². The molecule has 0 aromatic carbocycles. The average Bonchev–Trinajstić information content (AvgIpc) is 3.28.